The summed E-state index contributed by atoms with van der Waals surface area (Å²) < 4.78 is 5.34. The fraction of sp³-hybridized carbons (Fsp3) is 0.467. The average molecular weight is 364 g/mol. The molecule has 0 aliphatic heterocycles. The SMILES string of the molecule is C[C@@H]1CCCC/C1=N/NC(=O)COc1cc(Cl)c(Cl)cc1Cl. The summed E-state index contributed by atoms with van der Waals surface area (Å²) in [6.07, 6.45) is 4.38. The molecule has 1 aliphatic rings. The summed E-state index contributed by atoms with van der Waals surface area (Å²) in [5.41, 5.74) is 3.55. The van der Waals surface area contributed by atoms with Crippen molar-refractivity contribution >= 4 is 46.4 Å². The fourth-order valence-corrected chi connectivity index (χ4v) is 2.85. The summed E-state index contributed by atoms with van der Waals surface area (Å²) in [4.78, 5) is 11.8. The second kappa shape index (κ2) is 8.04. The Morgan fingerprint density at radius 3 is 2.73 bits per heavy atom. The van der Waals surface area contributed by atoms with Crippen molar-refractivity contribution in [3.05, 3.63) is 27.2 Å². The van der Waals surface area contributed by atoms with Crippen LogP contribution in [0.3, 0.4) is 0 Å². The van der Waals surface area contributed by atoms with E-state index in [0.29, 0.717) is 26.7 Å². The standard InChI is InChI=1S/C15H17Cl3N2O2/c1-9-4-2-3-5-13(9)19-20-15(21)8-22-14-7-11(17)10(16)6-12(14)18/h6-7,9H,2-5,8H2,1H3,(H,20,21)/b19-13-/t9-/m1/s1. The van der Waals surface area contributed by atoms with Gasteiger partial charge in [0, 0.05) is 11.8 Å². The second-order valence-corrected chi connectivity index (χ2v) is 6.49. The number of nitrogens with one attached hydrogen (secondary N) is 1. The highest BCUT2D eigenvalue weighted by atomic mass is 35.5. The summed E-state index contributed by atoms with van der Waals surface area (Å²) >= 11 is 17.7. The Morgan fingerprint density at radius 1 is 1.27 bits per heavy atom. The fourth-order valence-electron chi connectivity index (χ4n) is 2.26. The van der Waals surface area contributed by atoms with E-state index in [4.69, 9.17) is 39.5 Å². The second-order valence-electron chi connectivity index (χ2n) is 5.27. The lowest BCUT2D eigenvalue weighted by Crippen LogP contribution is -2.28. The molecule has 1 N–H and O–H groups in total. The van der Waals surface area contributed by atoms with Gasteiger partial charge in [0.2, 0.25) is 0 Å². The van der Waals surface area contributed by atoms with Crippen molar-refractivity contribution in [1.29, 1.82) is 0 Å². The molecule has 0 unspecified atom stereocenters. The van der Waals surface area contributed by atoms with Crippen LogP contribution in [0.15, 0.2) is 17.2 Å². The van der Waals surface area contributed by atoms with E-state index in [-0.39, 0.29) is 12.5 Å². The van der Waals surface area contributed by atoms with Gasteiger partial charge in [0.05, 0.1) is 15.1 Å². The smallest absolute Gasteiger partial charge is 0.277 e. The van der Waals surface area contributed by atoms with E-state index in [1.807, 2.05) is 0 Å². The van der Waals surface area contributed by atoms with Crippen LogP contribution in [0.2, 0.25) is 15.1 Å². The Balaban J connectivity index is 1.88. The number of benzene rings is 1. The van der Waals surface area contributed by atoms with E-state index in [9.17, 15) is 4.79 Å². The predicted octanol–water partition coefficient (Wildman–Crippen LogP) is 4.71. The largest absolute Gasteiger partial charge is 0.482 e. The number of hydrogen-bond donors (Lipinski definition) is 1. The maximum atomic E-state index is 11.8. The van der Waals surface area contributed by atoms with Gasteiger partial charge >= 0.3 is 0 Å². The number of carbonyl (C=O) groups excluding carboxylic acids is 1. The van der Waals surface area contributed by atoms with Crippen molar-refractivity contribution in [3.63, 3.8) is 0 Å². The van der Waals surface area contributed by atoms with Crippen molar-refractivity contribution in [2.24, 2.45) is 11.0 Å². The molecule has 4 nitrogen and oxygen atoms in total. The van der Waals surface area contributed by atoms with Gasteiger partial charge in [-0.05, 0) is 31.2 Å². The highest BCUT2D eigenvalue weighted by Crippen LogP contribution is 2.33. The molecule has 0 radical (unpaired) electrons. The third-order valence-corrected chi connectivity index (χ3v) is 4.56. The molecule has 1 aromatic rings. The zero-order valence-corrected chi connectivity index (χ0v) is 14.4. The molecule has 1 aromatic carbocycles. The summed E-state index contributed by atoms with van der Waals surface area (Å²) in [5.74, 6) is 0.386. The van der Waals surface area contributed by atoms with Crippen molar-refractivity contribution in [3.8, 4) is 5.75 Å². The molecular formula is C15H17Cl3N2O2. The Hall–Kier alpha value is -0.970. The van der Waals surface area contributed by atoms with Gasteiger partial charge in [0.1, 0.15) is 5.75 Å². The van der Waals surface area contributed by atoms with Crippen molar-refractivity contribution in [2.75, 3.05) is 6.61 Å². The number of hydrogen-bond acceptors (Lipinski definition) is 3. The molecule has 0 spiro atoms. The maximum Gasteiger partial charge on any atom is 0.277 e. The Bertz CT molecular complexity index is 590. The first-order chi connectivity index (χ1) is 10.5. The summed E-state index contributed by atoms with van der Waals surface area (Å²) in [5, 5.41) is 5.14. The molecule has 0 bridgehead atoms. The molecule has 1 saturated carbocycles. The minimum absolute atomic E-state index is 0.192. The van der Waals surface area contributed by atoms with Crippen LogP contribution in [0, 0.1) is 5.92 Å². The Kier molecular flexibility index (Phi) is 6.36. The number of hydrazone groups is 1. The third kappa shape index (κ3) is 4.77. The van der Waals surface area contributed by atoms with Crippen LogP contribution in [0.5, 0.6) is 5.75 Å². The van der Waals surface area contributed by atoms with Gasteiger partial charge in [-0.1, -0.05) is 48.1 Å². The molecule has 1 amide bonds. The van der Waals surface area contributed by atoms with Crippen LogP contribution in [-0.2, 0) is 4.79 Å². The number of carbonyl (C=O) groups is 1. The molecule has 1 atom stereocenters. The van der Waals surface area contributed by atoms with Gasteiger partial charge in [0.15, 0.2) is 6.61 Å². The first-order valence-electron chi connectivity index (χ1n) is 7.10. The zero-order chi connectivity index (χ0) is 16.1. The average Bonchev–Trinajstić information content (AvgIpc) is 2.49. The van der Waals surface area contributed by atoms with Gasteiger partial charge in [0.25, 0.3) is 5.91 Å². The molecule has 1 aliphatic carbocycles. The highest BCUT2D eigenvalue weighted by molar-refractivity contribution is 6.43. The third-order valence-electron chi connectivity index (χ3n) is 3.55. The molecule has 22 heavy (non-hydrogen) atoms. The minimum Gasteiger partial charge on any atom is -0.482 e. The summed E-state index contributed by atoms with van der Waals surface area (Å²) in [6, 6.07) is 2.96. The van der Waals surface area contributed by atoms with Gasteiger partial charge in [-0.2, -0.15) is 5.10 Å². The lowest BCUT2D eigenvalue weighted by atomic mass is 9.89. The summed E-state index contributed by atoms with van der Waals surface area (Å²) in [6.45, 7) is 1.93. The number of ether oxygens (including phenoxy) is 1. The van der Waals surface area contributed by atoms with E-state index in [2.05, 4.69) is 17.5 Å². The molecule has 0 heterocycles. The van der Waals surface area contributed by atoms with Crippen LogP contribution in [0.4, 0.5) is 0 Å². The van der Waals surface area contributed by atoms with Crippen molar-refractivity contribution < 1.29 is 9.53 Å². The van der Waals surface area contributed by atoms with Crippen molar-refractivity contribution in [2.45, 2.75) is 32.6 Å². The molecule has 1 fully saturated rings. The first-order valence-corrected chi connectivity index (χ1v) is 8.23. The molecular weight excluding hydrogens is 347 g/mol. The van der Waals surface area contributed by atoms with E-state index in [1.54, 1.807) is 0 Å². The van der Waals surface area contributed by atoms with Gasteiger partial charge < -0.3 is 4.74 Å². The number of rotatable bonds is 4. The molecule has 0 saturated heterocycles. The van der Waals surface area contributed by atoms with Crippen molar-refractivity contribution in [1.82, 2.24) is 5.43 Å². The van der Waals surface area contributed by atoms with E-state index in [0.717, 1.165) is 25.0 Å². The van der Waals surface area contributed by atoms with E-state index < -0.39 is 0 Å². The van der Waals surface area contributed by atoms with Crippen LogP contribution in [-0.4, -0.2) is 18.2 Å². The number of amides is 1. The van der Waals surface area contributed by atoms with Crippen LogP contribution in [0.25, 0.3) is 0 Å². The quantitative estimate of drug-likeness (QED) is 0.622. The normalized spacial score (nSPS) is 20.0. The van der Waals surface area contributed by atoms with Gasteiger partial charge in [-0.3, -0.25) is 4.79 Å². The van der Waals surface area contributed by atoms with Crippen LogP contribution in [0.1, 0.15) is 32.6 Å². The van der Waals surface area contributed by atoms with E-state index >= 15 is 0 Å². The van der Waals surface area contributed by atoms with Crippen LogP contribution >= 0.6 is 34.8 Å². The summed E-state index contributed by atoms with van der Waals surface area (Å²) in [7, 11) is 0. The minimum atomic E-state index is -0.340. The zero-order valence-electron chi connectivity index (χ0n) is 12.2. The lowest BCUT2D eigenvalue weighted by molar-refractivity contribution is -0.123. The molecule has 2 rings (SSSR count). The van der Waals surface area contributed by atoms with Gasteiger partial charge in [-0.15, -0.1) is 0 Å². The Labute approximate surface area is 144 Å². The lowest BCUT2D eigenvalue weighted by Gasteiger charge is -2.19. The molecule has 7 heteroatoms. The maximum absolute atomic E-state index is 11.8. The monoisotopic (exact) mass is 362 g/mol. The topological polar surface area (TPSA) is 50.7 Å². The Morgan fingerprint density at radius 2 is 2.00 bits per heavy atom. The predicted molar refractivity (Wildman–Crippen MR) is 90.2 cm³/mol. The van der Waals surface area contributed by atoms with Crippen LogP contribution < -0.4 is 10.2 Å². The van der Waals surface area contributed by atoms with E-state index in [1.165, 1.54) is 18.6 Å². The number of nitrogens with zero attached hydrogens (tertiary/aromatic N) is 1. The highest BCUT2D eigenvalue weighted by Gasteiger charge is 2.16. The number of halogens is 3. The molecule has 120 valence electrons. The van der Waals surface area contributed by atoms with Gasteiger partial charge in [-0.25, -0.2) is 5.43 Å². The molecule has 0 aromatic heterocycles. The first kappa shape index (κ1) is 17.4.